The van der Waals surface area contributed by atoms with Crippen molar-refractivity contribution in [3.63, 3.8) is 0 Å². The first-order chi connectivity index (χ1) is 7.59. The molecular formula is C10H11N3O2S. The van der Waals surface area contributed by atoms with E-state index in [9.17, 15) is 9.90 Å². The van der Waals surface area contributed by atoms with Gasteiger partial charge in [0.25, 0.3) is 0 Å². The van der Waals surface area contributed by atoms with Crippen LogP contribution >= 0.6 is 11.3 Å². The van der Waals surface area contributed by atoms with Crippen LogP contribution in [0.4, 0.5) is 5.82 Å². The Kier molecular flexibility index (Phi) is 2.84. The van der Waals surface area contributed by atoms with E-state index in [-0.39, 0.29) is 6.54 Å². The number of carboxylic acid groups (broad SMARTS) is 1. The highest BCUT2D eigenvalue weighted by Gasteiger charge is 2.14. The van der Waals surface area contributed by atoms with Crippen molar-refractivity contribution in [2.24, 2.45) is 0 Å². The number of hydrogen-bond donors (Lipinski definition) is 1. The van der Waals surface area contributed by atoms with Gasteiger partial charge in [-0.3, -0.25) is 5.32 Å². The van der Waals surface area contributed by atoms with Crippen molar-refractivity contribution in [3.8, 4) is 0 Å². The summed E-state index contributed by atoms with van der Waals surface area (Å²) < 4.78 is 0. The van der Waals surface area contributed by atoms with Crippen molar-refractivity contribution in [1.29, 1.82) is 0 Å². The van der Waals surface area contributed by atoms with E-state index in [1.54, 1.807) is 16.7 Å². The quantitative estimate of drug-likeness (QED) is 0.761. The van der Waals surface area contributed by atoms with Crippen LogP contribution in [0.3, 0.4) is 0 Å². The number of rotatable bonds is 3. The molecule has 2 heterocycles. The van der Waals surface area contributed by atoms with Crippen molar-refractivity contribution < 1.29 is 15.2 Å². The fourth-order valence-electron chi connectivity index (χ4n) is 1.54. The molecule has 0 atom stereocenters. The van der Waals surface area contributed by atoms with E-state index in [2.05, 4.69) is 9.97 Å². The van der Waals surface area contributed by atoms with Gasteiger partial charge >= 0.3 is 0 Å². The van der Waals surface area contributed by atoms with Crippen LogP contribution in [0.1, 0.15) is 10.4 Å². The number of carbonyl (C=O) groups is 1. The van der Waals surface area contributed by atoms with Gasteiger partial charge in [-0.05, 0) is 19.4 Å². The second-order valence-corrected chi connectivity index (χ2v) is 4.71. The number of hydrogen-bond acceptors (Lipinski definition) is 5. The van der Waals surface area contributed by atoms with Crippen LogP contribution in [0.2, 0.25) is 0 Å². The standard InChI is InChI=1S/C10H11N3O2S/c1-5-6(2)16-10-8(5)9(12-4-13-10)11-3-7(14)15/h4H,3H2,1-2H3,(H,14,15)(H,11,12,13). The lowest BCUT2D eigenvalue weighted by atomic mass is 10.2. The molecule has 0 fully saturated rings. The van der Waals surface area contributed by atoms with Crippen molar-refractivity contribution in [3.05, 3.63) is 16.8 Å². The monoisotopic (exact) mass is 237 g/mol. The van der Waals surface area contributed by atoms with E-state index in [0.29, 0.717) is 5.82 Å². The molecule has 2 N–H and O–H groups in total. The third-order valence-corrected chi connectivity index (χ3v) is 3.57. The van der Waals surface area contributed by atoms with Gasteiger partial charge < -0.3 is 9.90 Å². The summed E-state index contributed by atoms with van der Waals surface area (Å²) in [5.41, 5.74) is 1.12. The maximum atomic E-state index is 10.4. The molecule has 2 rings (SSSR count). The number of carboxylic acids is 1. The number of nitrogens with zero attached hydrogens (tertiary/aromatic N) is 2. The number of aryl methyl sites for hydroxylation is 2. The van der Waals surface area contributed by atoms with Crippen molar-refractivity contribution >= 4 is 33.3 Å². The number of quaternary nitrogens is 1. The van der Waals surface area contributed by atoms with E-state index in [1.807, 2.05) is 13.8 Å². The second kappa shape index (κ2) is 4.15. The lowest BCUT2D eigenvalue weighted by Crippen LogP contribution is -2.81. The van der Waals surface area contributed by atoms with Crippen molar-refractivity contribution in [2.45, 2.75) is 13.8 Å². The Hall–Kier alpha value is -1.53. The fraction of sp³-hybridized carbons (Fsp3) is 0.300. The lowest BCUT2D eigenvalue weighted by Gasteiger charge is -2.02. The average Bonchev–Trinajstić information content (AvgIpc) is 2.52. The molecule has 0 saturated carbocycles. The first-order valence-electron chi connectivity index (χ1n) is 4.83. The van der Waals surface area contributed by atoms with Crippen LogP contribution in [0, 0.1) is 13.8 Å². The highest BCUT2D eigenvalue weighted by Crippen LogP contribution is 2.30. The van der Waals surface area contributed by atoms with E-state index in [4.69, 9.17) is 0 Å². The molecule has 0 saturated heterocycles. The average molecular weight is 237 g/mol. The molecular weight excluding hydrogens is 226 g/mol. The molecule has 5 nitrogen and oxygen atoms in total. The van der Waals surface area contributed by atoms with Gasteiger partial charge in [0.2, 0.25) is 5.82 Å². The summed E-state index contributed by atoms with van der Waals surface area (Å²) in [6, 6.07) is 0. The molecule has 0 aliphatic carbocycles. The summed E-state index contributed by atoms with van der Waals surface area (Å²) in [4.78, 5) is 20.8. The smallest absolute Gasteiger partial charge is 0.236 e. The summed E-state index contributed by atoms with van der Waals surface area (Å²) in [6.45, 7) is 3.89. The zero-order valence-electron chi connectivity index (χ0n) is 8.98. The molecule has 0 amide bonds. The fourth-order valence-corrected chi connectivity index (χ4v) is 2.55. The van der Waals surface area contributed by atoms with Crippen LogP contribution in [-0.4, -0.2) is 22.5 Å². The molecule has 2 aromatic rings. The Labute approximate surface area is 96.2 Å². The van der Waals surface area contributed by atoms with Gasteiger partial charge in [0, 0.05) is 4.88 Å². The van der Waals surface area contributed by atoms with Crippen molar-refractivity contribution in [1.82, 2.24) is 9.97 Å². The van der Waals surface area contributed by atoms with Crippen molar-refractivity contribution in [2.75, 3.05) is 6.54 Å². The third kappa shape index (κ3) is 1.89. The molecule has 2 aromatic heterocycles. The van der Waals surface area contributed by atoms with E-state index >= 15 is 0 Å². The molecule has 0 bridgehead atoms. The molecule has 0 aliphatic rings. The van der Waals surface area contributed by atoms with Crippen LogP contribution < -0.4 is 10.4 Å². The zero-order valence-corrected chi connectivity index (χ0v) is 9.80. The minimum atomic E-state index is -1.10. The third-order valence-electron chi connectivity index (χ3n) is 2.46. The highest BCUT2D eigenvalue weighted by molar-refractivity contribution is 7.18. The van der Waals surface area contributed by atoms with Crippen LogP contribution in [0.25, 0.3) is 10.2 Å². The molecule has 0 spiro atoms. The van der Waals surface area contributed by atoms with Crippen LogP contribution in [-0.2, 0) is 4.79 Å². The predicted octanol–water partition coefficient (Wildman–Crippen LogP) is -0.747. The molecule has 16 heavy (non-hydrogen) atoms. The van der Waals surface area contributed by atoms with Gasteiger partial charge in [-0.15, -0.1) is 11.3 Å². The first-order valence-corrected chi connectivity index (χ1v) is 5.65. The number of aromatic nitrogens is 2. The molecule has 84 valence electrons. The van der Waals surface area contributed by atoms with Gasteiger partial charge in [-0.2, -0.15) is 4.98 Å². The summed E-state index contributed by atoms with van der Waals surface area (Å²) in [5.74, 6) is -0.424. The lowest BCUT2D eigenvalue weighted by molar-refractivity contribution is -0.571. The number of nitrogens with two attached hydrogens (primary N) is 1. The highest BCUT2D eigenvalue weighted by atomic mass is 32.1. The summed E-state index contributed by atoms with van der Waals surface area (Å²) in [7, 11) is 0. The largest absolute Gasteiger partial charge is 0.544 e. The minimum absolute atomic E-state index is 0.125. The van der Waals surface area contributed by atoms with Crippen LogP contribution in [0.5, 0.6) is 0 Å². The Bertz CT molecular complexity index is 550. The van der Waals surface area contributed by atoms with E-state index in [0.717, 1.165) is 15.8 Å². The van der Waals surface area contributed by atoms with Gasteiger partial charge in [0.1, 0.15) is 17.7 Å². The van der Waals surface area contributed by atoms with Crippen LogP contribution in [0.15, 0.2) is 6.33 Å². The minimum Gasteiger partial charge on any atom is -0.544 e. The number of fused-ring (bicyclic) bond motifs is 1. The number of thiophene rings is 1. The SMILES string of the molecule is Cc1sc2ncnc([NH2+]CC(=O)[O-])c2c1C. The number of aliphatic carboxylic acids is 1. The van der Waals surface area contributed by atoms with Gasteiger partial charge in [0.15, 0.2) is 0 Å². The predicted molar refractivity (Wildman–Crippen MR) is 58.3 cm³/mol. The molecule has 0 aliphatic heterocycles. The zero-order chi connectivity index (χ0) is 11.7. The topological polar surface area (TPSA) is 82.5 Å². The van der Waals surface area contributed by atoms with Gasteiger partial charge in [-0.25, -0.2) is 4.98 Å². The van der Waals surface area contributed by atoms with E-state index in [1.165, 1.54) is 11.2 Å². The number of carbonyl (C=O) groups excluding carboxylic acids is 1. The summed E-state index contributed by atoms with van der Waals surface area (Å²) >= 11 is 1.59. The summed E-state index contributed by atoms with van der Waals surface area (Å²) in [6.07, 6.45) is 1.46. The molecule has 0 aromatic carbocycles. The Morgan fingerprint density at radius 3 is 2.94 bits per heavy atom. The normalized spacial score (nSPS) is 10.9. The Morgan fingerprint density at radius 2 is 2.25 bits per heavy atom. The summed E-state index contributed by atoms with van der Waals surface area (Å²) in [5, 5.41) is 12.9. The Morgan fingerprint density at radius 1 is 1.50 bits per heavy atom. The van der Waals surface area contributed by atoms with Gasteiger partial charge in [0.05, 0.1) is 11.4 Å². The second-order valence-electron chi connectivity index (χ2n) is 3.50. The molecule has 0 radical (unpaired) electrons. The molecule has 0 unspecified atom stereocenters. The van der Waals surface area contributed by atoms with Gasteiger partial charge in [-0.1, -0.05) is 0 Å². The maximum Gasteiger partial charge on any atom is 0.236 e. The maximum absolute atomic E-state index is 10.4. The molecule has 6 heteroatoms. The van der Waals surface area contributed by atoms with E-state index < -0.39 is 5.97 Å². The Balaban J connectivity index is 2.48. The first kappa shape index (κ1) is 11.0.